The fourth-order valence-electron chi connectivity index (χ4n) is 1.71. The molecule has 0 aromatic carbocycles. The van der Waals surface area contributed by atoms with Gasteiger partial charge in [-0.15, -0.1) is 0 Å². The van der Waals surface area contributed by atoms with Gasteiger partial charge in [-0.25, -0.2) is 9.97 Å². The van der Waals surface area contributed by atoms with Crippen LogP contribution in [-0.4, -0.2) is 46.5 Å². The Balaban J connectivity index is 2.08. The van der Waals surface area contributed by atoms with Gasteiger partial charge in [-0.2, -0.15) is 0 Å². The summed E-state index contributed by atoms with van der Waals surface area (Å²) in [6.45, 7) is 4.41. The molecule has 1 unspecified atom stereocenters. The molecule has 2 heterocycles. The third-order valence-electron chi connectivity index (χ3n) is 2.46. The van der Waals surface area contributed by atoms with Crippen LogP contribution in [0.3, 0.4) is 0 Å². The first-order valence-corrected chi connectivity index (χ1v) is 5.05. The van der Waals surface area contributed by atoms with Gasteiger partial charge in [-0.1, -0.05) is 0 Å². The standard InChI is InChI=1S/C10H14N4O/c1-8-6-14(3-2-13-8)10(15)9-4-11-7-12-5-9/h4-5,7-8,13H,2-3,6H2,1H3. The average Bonchev–Trinajstić information content (AvgIpc) is 2.29. The van der Waals surface area contributed by atoms with Crippen LogP contribution in [0.2, 0.25) is 0 Å². The summed E-state index contributed by atoms with van der Waals surface area (Å²) in [7, 11) is 0. The van der Waals surface area contributed by atoms with Crippen LogP contribution in [0.4, 0.5) is 0 Å². The first-order chi connectivity index (χ1) is 7.27. The van der Waals surface area contributed by atoms with E-state index in [1.54, 1.807) is 12.4 Å². The number of rotatable bonds is 1. The molecule has 1 saturated heterocycles. The maximum absolute atomic E-state index is 12.0. The van der Waals surface area contributed by atoms with Gasteiger partial charge in [-0.3, -0.25) is 4.79 Å². The second-order valence-corrected chi connectivity index (χ2v) is 3.73. The zero-order valence-corrected chi connectivity index (χ0v) is 8.68. The Kier molecular flexibility index (Phi) is 2.91. The van der Waals surface area contributed by atoms with Crippen molar-refractivity contribution in [3.05, 3.63) is 24.3 Å². The maximum atomic E-state index is 12.0. The quantitative estimate of drug-likeness (QED) is 0.697. The molecule has 80 valence electrons. The molecule has 15 heavy (non-hydrogen) atoms. The molecule has 1 aromatic rings. The summed E-state index contributed by atoms with van der Waals surface area (Å²) < 4.78 is 0. The Morgan fingerprint density at radius 1 is 1.53 bits per heavy atom. The van der Waals surface area contributed by atoms with Crippen LogP contribution in [0.15, 0.2) is 18.7 Å². The van der Waals surface area contributed by atoms with Crippen molar-refractivity contribution >= 4 is 5.91 Å². The summed E-state index contributed by atoms with van der Waals surface area (Å²) in [6, 6.07) is 0.354. The summed E-state index contributed by atoms with van der Waals surface area (Å²) in [6.07, 6.45) is 4.54. The molecule has 0 radical (unpaired) electrons. The summed E-state index contributed by atoms with van der Waals surface area (Å²) in [4.78, 5) is 21.5. The van der Waals surface area contributed by atoms with Crippen LogP contribution < -0.4 is 5.32 Å². The minimum Gasteiger partial charge on any atom is -0.336 e. The van der Waals surface area contributed by atoms with Crippen molar-refractivity contribution in [3.8, 4) is 0 Å². The van der Waals surface area contributed by atoms with Crippen molar-refractivity contribution in [1.82, 2.24) is 20.2 Å². The van der Waals surface area contributed by atoms with E-state index in [0.29, 0.717) is 11.6 Å². The predicted octanol–water partition coefficient (Wildman–Crippen LogP) is -0.0895. The van der Waals surface area contributed by atoms with Gasteiger partial charge >= 0.3 is 0 Å². The van der Waals surface area contributed by atoms with E-state index < -0.39 is 0 Å². The lowest BCUT2D eigenvalue weighted by atomic mass is 10.2. The van der Waals surface area contributed by atoms with E-state index in [-0.39, 0.29) is 5.91 Å². The number of carbonyl (C=O) groups is 1. The van der Waals surface area contributed by atoms with Crippen molar-refractivity contribution in [3.63, 3.8) is 0 Å². The molecule has 5 heteroatoms. The molecule has 1 aliphatic rings. The first-order valence-electron chi connectivity index (χ1n) is 5.05. The lowest BCUT2D eigenvalue weighted by molar-refractivity contribution is 0.0708. The number of hydrogen-bond donors (Lipinski definition) is 1. The molecule has 0 saturated carbocycles. The largest absolute Gasteiger partial charge is 0.336 e. The number of aromatic nitrogens is 2. The van der Waals surface area contributed by atoms with Gasteiger partial charge in [0.15, 0.2) is 0 Å². The number of amides is 1. The number of piperazine rings is 1. The molecule has 1 amide bonds. The van der Waals surface area contributed by atoms with Gasteiger partial charge in [0, 0.05) is 38.1 Å². The normalized spacial score (nSPS) is 21.4. The molecule has 1 N–H and O–H groups in total. The lowest BCUT2D eigenvalue weighted by Crippen LogP contribution is -2.51. The second kappa shape index (κ2) is 4.35. The smallest absolute Gasteiger partial charge is 0.257 e. The van der Waals surface area contributed by atoms with Crippen LogP contribution in [0, 0.1) is 0 Å². The summed E-state index contributed by atoms with van der Waals surface area (Å²) >= 11 is 0. The van der Waals surface area contributed by atoms with Gasteiger partial charge in [0.2, 0.25) is 0 Å². The van der Waals surface area contributed by atoms with Crippen molar-refractivity contribution in [2.45, 2.75) is 13.0 Å². The topological polar surface area (TPSA) is 58.1 Å². The molecule has 0 aliphatic carbocycles. The van der Waals surface area contributed by atoms with E-state index in [4.69, 9.17) is 0 Å². The molecular formula is C10H14N4O. The predicted molar refractivity (Wildman–Crippen MR) is 55.4 cm³/mol. The van der Waals surface area contributed by atoms with Gasteiger partial charge in [-0.05, 0) is 6.92 Å². The van der Waals surface area contributed by atoms with E-state index in [1.807, 2.05) is 4.90 Å². The number of carbonyl (C=O) groups excluding carboxylic acids is 1. The van der Waals surface area contributed by atoms with Crippen LogP contribution in [0.5, 0.6) is 0 Å². The maximum Gasteiger partial charge on any atom is 0.257 e. The highest BCUT2D eigenvalue weighted by molar-refractivity contribution is 5.93. The van der Waals surface area contributed by atoms with Crippen molar-refractivity contribution in [2.24, 2.45) is 0 Å². The lowest BCUT2D eigenvalue weighted by Gasteiger charge is -2.31. The van der Waals surface area contributed by atoms with Gasteiger partial charge in [0.1, 0.15) is 6.33 Å². The fraction of sp³-hybridized carbons (Fsp3) is 0.500. The number of hydrogen-bond acceptors (Lipinski definition) is 4. The number of nitrogens with one attached hydrogen (secondary N) is 1. The molecular weight excluding hydrogens is 192 g/mol. The van der Waals surface area contributed by atoms with Crippen LogP contribution in [0.25, 0.3) is 0 Å². The zero-order chi connectivity index (χ0) is 10.7. The highest BCUT2D eigenvalue weighted by Crippen LogP contribution is 2.05. The van der Waals surface area contributed by atoms with Crippen molar-refractivity contribution in [1.29, 1.82) is 0 Å². The number of nitrogens with zero attached hydrogens (tertiary/aromatic N) is 3. The molecule has 1 aromatic heterocycles. The Bertz CT molecular complexity index is 341. The van der Waals surface area contributed by atoms with Crippen molar-refractivity contribution < 1.29 is 4.79 Å². The highest BCUT2D eigenvalue weighted by Gasteiger charge is 2.21. The van der Waals surface area contributed by atoms with Crippen LogP contribution in [0.1, 0.15) is 17.3 Å². The average molecular weight is 206 g/mol. The van der Waals surface area contributed by atoms with Crippen molar-refractivity contribution in [2.75, 3.05) is 19.6 Å². The molecule has 2 rings (SSSR count). The highest BCUT2D eigenvalue weighted by atomic mass is 16.2. The molecule has 0 spiro atoms. The SMILES string of the molecule is CC1CN(C(=O)c2cncnc2)CCN1. The Hall–Kier alpha value is -1.49. The van der Waals surface area contributed by atoms with Gasteiger partial charge in [0.25, 0.3) is 5.91 Å². The summed E-state index contributed by atoms with van der Waals surface area (Å²) in [5.74, 6) is 0.0175. The van der Waals surface area contributed by atoms with E-state index >= 15 is 0 Å². The molecule has 5 nitrogen and oxygen atoms in total. The van der Waals surface area contributed by atoms with Gasteiger partial charge in [0.05, 0.1) is 5.56 Å². The molecule has 1 aliphatic heterocycles. The van der Waals surface area contributed by atoms with E-state index in [9.17, 15) is 4.79 Å². The van der Waals surface area contributed by atoms with Crippen LogP contribution >= 0.6 is 0 Å². The fourth-order valence-corrected chi connectivity index (χ4v) is 1.71. The Morgan fingerprint density at radius 2 is 2.27 bits per heavy atom. The Morgan fingerprint density at radius 3 is 2.93 bits per heavy atom. The van der Waals surface area contributed by atoms with Crippen LogP contribution in [-0.2, 0) is 0 Å². The second-order valence-electron chi connectivity index (χ2n) is 3.73. The Labute approximate surface area is 88.5 Å². The van der Waals surface area contributed by atoms with E-state index in [0.717, 1.165) is 19.6 Å². The molecule has 0 bridgehead atoms. The minimum absolute atomic E-state index is 0.0175. The summed E-state index contributed by atoms with van der Waals surface area (Å²) in [5, 5.41) is 3.29. The third kappa shape index (κ3) is 2.30. The monoisotopic (exact) mass is 206 g/mol. The van der Waals surface area contributed by atoms with E-state index in [1.165, 1.54) is 6.33 Å². The molecule has 1 atom stereocenters. The third-order valence-corrected chi connectivity index (χ3v) is 2.46. The van der Waals surface area contributed by atoms with E-state index in [2.05, 4.69) is 22.2 Å². The zero-order valence-electron chi connectivity index (χ0n) is 8.68. The molecule has 1 fully saturated rings. The first kappa shape index (κ1) is 10.0. The summed E-state index contributed by atoms with van der Waals surface area (Å²) in [5.41, 5.74) is 0.562. The minimum atomic E-state index is 0.0175. The van der Waals surface area contributed by atoms with Gasteiger partial charge < -0.3 is 10.2 Å².